The van der Waals surface area contributed by atoms with Crippen molar-refractivity contribution in [1.29, 1.82) is 0 Å². The second-order valence-corrected chi connectivity index (χ2v) is 5.58. The normalized spacial score (nSPS) is 10.8. The highest BCUT2D eigenvalue weighted by atomic mass is 35.5. The minimum Gasteiger partial charge on any atom is -0.461 e. The average molecular weight is 343 g/mol. The van der Waals surface area contributed by atoms with Crippen LogP contribution in [0.15, 0.2) is 53.3 Å². The predicted octanol–water partition coefficient (Wildman–Crippen LogP) is 3.27. The van der Waals surface area contributed by atoms with Crippen molar-refractivity contribution >= 4 is 28.3 Å². The van der Waals surface area contributed by atoms with Gasteiger partial charge >= 0.3 is 5.97 Å². The molecular formula is C18H15ClN2O3. The molecule has 0 aliphatic carbocycles. The molecule has 2 aromatic carbocycles. The zero-order chi connectivity index (χ0) is 17.1. The third-order valence-corrected chi connectivity index (χ3v) is 3.98. The van der Waals surface area contributed by atoms with Crippen molar-refractivity contribution in [3.8, 4) is 0 Å². The van der Waals surface area contributed by atoms with Crippen LogP contribution in [0.25, 0.3) is 10.8 Å². The number of benzene rings is 2. The molecular weight excluding hydrogens is 328 g/mol. The summed E-state index contributed by atoms with van der Waals surface area (Å²) in [6.07, 6.45) is 0. The Labute approximate surface area is 143 Å². The van der Waals surface area contributed by atoms with E-state index in [0.717, 1.165) is 5.56 Å². The number of aromatic nitrogens is 2. The quantitative estimate of drug-likeness (QED) is 0.683. The Bertz CT molecular complexity index is 966. The number of ether oxygens (including phenoxy) is 1. The van der Waals surface area contributed by atoms with Crippen molar-refractivity contribution < 1.29 is 9.53 Å². The van der Waals surface area contributed by atoms with Gasteiger partial charge in [0.25, 0.3) is 5.56 Å². The third-order valence-electron chi connectivity index (χ3n) is 3.61. The molecule has 0 spiro atoms. The van der Waals surface area contributed by atoms with Gasteiger partial charge in [0.2, 0.25) is 0 Å². The first-order valence-corrected chi connectivity index (χ1v) is 7.90. The van der Waals surface area contributed by atoms with E-state index < -0.39 is 5.97 Å². The molecule has 1 aromatic heterocycles. The van der Waals surface area contributed by atoms with E-state index in [1.807, 2.05) is 18.2 Å². The fraction of sp³-hybridized carbons (Fsp3) is 0.167. The van der Waals surface area contributed by atoms with E-state index in [1.165, 1.54) is 4.68 Å². The van der Waals surface area contributed by atoms with Crippen LogP contribution in [0.2, 0.25) is 5.02 Å². The number of carbonyl (C=O) groups is 1. The molecule has 3 aromatic rings. The summed E-state index contributed by atoms with van der Waals surface area (Å²) in [7, 11) is 0. The zero-order valence-corrected chi connectivity index (χ0v) is 13.8. The van der Waals surface area contributed by atoms with Gasteiger partial charge in [-0.05, 0) is 24.6 Å². The van der Waals surface area contributed by atoms with Crippen molar-refractivity contribution in [1.82, 2.24) is 9.78 Å². The van der Waals surface area contributed by atoms with E-state index in [2.05, 4.69) is 5.10 Å². The fourth-order valence-electron chi connectivity index (χ4n) is 2.48. The standard InChI is InChI=1S/C18H15ClN2O3/c1-2-24-18(23)16-13-8-4-5-9-14(13)17(22)21(20-16)11-12-7-3-6-10-15(12)19/h3-10H,2,11H2,1H3. The first kappa shape index (κ1) is 16.2. The number of halogens is 1. The van der Waals surface area contributed by atoms with Crippen LogP contribution in [-0.4, -0.2) is 22.4 Å². The predicted molar refractivity (Wildman–Crippen MR) is 92.5 cm³/mol. The van der Waals surface area contributed by atoms with Crippen LogP contribution in [-0.2, 0) is 11.3 Å². The van der Waals surface area contributed by atoms with Crippen LogP contribution in [0.4, 0.5) is 0 Å². The van der Waals surface area contributed by atoms with Gasteiger partial charge in [-0.1, -0.05) is 48.0 Å². The van der Waals surface area contributed by atoms with Crippen molar-refractivity contribution in [3.63, 3.8) is 0 Å². The zero-order valence-electron chi connectivity index (χ0n) is 13.0. The van der Waals surface area contributed by atoms with Gasteiger partial charge in [0, 0.05) is 10.4 Å². The second kappa shape index (κ2) is 6.84. The van der Waals surface area contributed by atoms with Gasteiger partial charge in [-0.25, -0.2) is 9.48 Å². The summed E-state index contributed by atoms with van der Waals surface area (Å²) in [4.78, 5) is 24.9. The van der Waals surface area contributed by atoms with Gasteiger partial charge in [0.05, 0.1) is 18.5 Å². The maximum atomic E-state index is 12.7. The lowest BCUT2D eigenvalue weighted by atomic mass is 10.1. The number of carbonyl (C=O) groups excluding carboxylic acids is 1. The topological polar surface area (TPSA) is 61.2 Å². The summed E-state index contributed by atoms with van der Waals surface area (Å²) in [5.41, 5.74) is 0.594. The Morgan fingerprint density at radius 2 is 1.79 bits per heavy atom. The molecule has 24 heavy (non-hydrogen) atoms. The highest BCUT2D eigenvalue weighted by Gasteiger charge is 2.18. The van der Waals surface area contributed by atoms with E-state index in [4.69, 9.17) is 16.3 Å². The van der Waals surface area contributed by atoms with E-state index >= 15 is 0 Å². The lowest BCUT2D eigenvalue weighted by molar-refractivity contribution is 0.0519. The largest absolute Gasteiger partial charge is 0.461 e. The van der Waals surface area contributed by atoms with Gasteiger partial charge in [0.15, 0.2) is 5.69 Å². The molecule has 0 saturated heterocycles. The Balaban J connectivity index is 2.18. The summed E-state index contributed by atoms with van der Waals surface area (Å²) in [6, 6.07) is 14.1. The summed E-state index contributed by atoms with van der Waals surface area (Å²) < 4.78 is 6.31. The molecule has 0 unspecified atom stereocenters. The van der Waals surface area contributed by atoms with Gasteiger partial charge < -0.3 is 4.74 Å². The molecule has 0 fully saturated rings. The Morgan fingerprint density at radius 3 is 2.50 bits per heavy atom. The van der Waals surface area contributed by atoms with Gasteiger partial charge in [0.1, 0.15) is 0 Å². The number of fused-ring (bicyclic) bond motifs is 1. The van der Waals surface area contributed by atoms with Crippen molar-refractivity contribution in [2.45, 2.75) is 13.5 Å². The third kappa shape index (κ3) is 3.03. The Kier molecular flexibility index (Phi) is 4.62. The summed E-state index contributed by atoms with van der Waals surface area (Å²) in [5.74, 6) is -0.554. The summed E-state index contributed by atoms with van der Waals surface area (Å²) in [6.45, 7) is 2.13. The first-order valence-electron chi connectivity index (χ1n) is 7.52. The molecule has 0 amide bonds. The van der Waals surface area contributed by atoms with Crippen LogP contribution >= 0.6 is 11.6 Å². The molecule has 0 aliphatic heterocycles. The fourth-order valence-corrected chi connectivity index (χ4v) is 2.68. The highest BCUT2D eigenvalue weighted by Crippen LogP contribution is 2.18. The molecule has 1 heterocycles. The number of rotatable bonds is 4. The van der Waals surface area contributed by atoms with Crippen LogP contribution in [0.5, 0.6) is 0 Å². The Hall–Kier alpha value is -2.66. The smallest absolute Gasteiger partial charge is 0.359 e. The maximum Gasteiger partial charge on any atom is 0.359 e. The number of nitrogens with zero attached hydrogens (tertiary/aromatic N) is 2. The Morgan fingerprint density at radius 1 is 1.12 bits per heavy atom. The molecule has 122 valence electrons. The molecule has 3 rings (SSSR count). The van der Waals surface area contributed by atoms with Gasteiger partial charge in [-0.15, -0.1) is 0 Å². The molecule has 0 radical (unpaired) electrons. The lowest BCUT2D eigenvalue weighted by Gasteiger charge is -2.11. The van der Waals surface area contributed by atoms with Crippen LogP contribution < -0.4 is 5.56 Å². The molecule has 0 bridgehead atoms. The minimum atomic E-state index is -0.554. The molecule has 6 heteroatoms. The van der Waals surface area contributed by atoms with E-state index in [-0.39, 0.29) is 24.4 Å². The lowest BCUT2D eigenvalue weighted by Crippen LogP contribution is -2.27. The molecule has 0 saturated carbocycles. The van der Waals surface area contributed by atoms with E-state index in [1.54, 1.807) is 37.3 Å². The summed E-state index contributed by atoms with van der Waals surface area (Å²) in [5, 5.41) is 5.67. The van der Waals surface area contributed by atoms with Gasteiger partial charge in [-0.2, -0.15) is 5.10 Å². The van der Waals surface area contributed by atoms with Crippen LogP contribution in [0.1, 0.15) is 23.0 Å². The van der Waals surface area contributed by atoms with Crippen molar-refractivity contribution in [2.24, 2.45) is 0 Å². The van der Waals surface area contributed by atoms with Crippen molar-refractivity contribution in [2.75, 3.05) is 6.61 Å². The van der Waals surface area contributed by atoms with Gasteiger partial charge in [-0.3, -0.25) is 4.79 Å². The van der Waals surface area contributed by atoms with E-state index in [9.17, 15) is 9.59 Å². The summed E-state index contributed by atoms with van der Waals surface area (Å²) >= 11 is 6.16. The van der Waals surface area contributed by atoms with Crippen LogP contribution in [0, 0.1) is 0 Å². The van der Waals surface area contributed by atoms with E-state index in [0.29, 0.717) is 15.8 Å². The average Bonchev–Trinajstić information content (AvgIpc) is 2.59. The molecule has 0 aliphatic rings. The maximum absolute atomic E-state index is 12.7. The molecule has 5 nitrogen and oxygen atoms in total. The SMILES string of the molecule is CCOC(=O)c1nn(Cc2ccccc2Cl)c(=O)c2ccccc12. The monoisotopic (exact) mass is 342 g/mol. The number of hydrogen-bond acceptors (Lipinski definition) is 4. The molecule has 0 N–H and O–H groups in total. The van der Waals surface area contributed by atoms with Crippen LogP contribution in [0.3, 0.4) is 0 Å². The first-order chi connectivity index (χ1) is 11.6. The number of esters is 1. The second-order valence-electron chi connectivity index (χ2n) is 5.17. The minimum absolute atomic E-state index is 0.124. The number of hydrogen-bond donors (Lipinski definition) is 0. The van der Waals surface area contributed by atoms with Crippen molar-refractivity contribution in [3.05, 3.63) is 75.2 Å². The molecule has 0 atom stereocenters. The highest BCUT2D eigenvalue weighted by molar-refractivity contribution is 6.31.